The van der Waals surface area contributed by atoms with Crippen molar-refractivity contribution in [2.24, 2.45) is 4.99 Å². The summed E-state index contributed by atoms with van der Waals surface area (Å²) in [5, 5.41) is 0. The Hall–Kier alpha value is -1.64. The number of hydrogen-bond donors (Lipinski definition) is 0. The van der Waals surface area contributed by atoms with Crippen molar-refractivity contribution < 1.29 is 9.53 Å². The highest BCUT2D eigenvalue weighted by Gasteiger charge is 2.07. The molecule has 0 radical (unpaired) electrons. The number of esters is 1. The molecule has 3 heteroatoms. The first-order valence-electron chi connectivity index (χ1n) is 4.76. The van der Waals surface area contributed by atoms with Gasteiger partial charge in [-0.1, -0.05) is 18.2 Å². The van der Waals surface area contributed by atoms with E-state index in [9.17, 15) is 4.79 Å². The first-order valence-corrected chi connectivity index (χ1v) is 4.76. The largest absolute Gasteiger partial charge is 0.465 e. The zero-order valence-electron chi connectivity index (χ0n) is 9.50. The standard InChI is InChI=1S/C12H15NO2/c1-8-6-5-7-9(2)11(8)13-10(3)12(14)15-4/h5-7H,1-4H3. The zero-order valence-corrected chi connectivity index (χ0v) is 9.50. The monoisotopic (exact) mass is 205 g/mol. The molecular weight excluding hydrogens is 190 g/mol. The number of rotatable bonds is 2. The van der Waals surface area contributed by atoms with Crippen LogP contribution in [0.2, 0.25) is 0 Å². The second-order valence-corrected chi connectivity index (χ2v) is 3.43. The number of carbonyl (C=O) groups is 1. The molecule has 0 aromatic heterocycles. The lowest BCUT2D eigenvalue weighted by Crippen LogP contribution is -2.11. The molecule has 1 rings (SSSR count). The molecule has 1 aromatic carbocycles. The first-order chi connectivity index (χ1) is 7.06. The van der Waals surface area contributed by atoms with Crippen molar-refractivity contribution in [1.29, 1.82) is 0 Å². The van der Waals surface area contributed by atoms with Crippen molar-refractivity contribution in [1.82, 2.24) is 0 Å². The average Bonchev–Trinajstić information content (AvgIpc) is 2.22. The van der Waals surface area contributed by atoms with E-state index in [-0.39, 0.29) is 0 Å². The van der Waals surface area contributed by atoms with Crippen molar-refractivity contribution >= 4 is 17.4 Å². The Labute approximate surface area is 89.8 Å². The Bertz CT molecular complexity index is 388. The van der Waals surface area contributed by atoms with Crippen LogP contribution in [0.1, 0.15) is 18.1 Å². The topological polar surface area (TPSA) is 38.7 Å². The Morgan fingerprint density at radius 1 is 1.27 bits per heavy atom. The van der Waals surface area contributed by atoms with Crippen LogP contribution in [0.3, 0.4) is 0 Å². The van der Waals surface area contributed by atoms with Gasteiger partial charge in [0.05, 0.1) is 12.8 Å². The molecule has 0 fully saturated rings. The maximum atomic E-state index is 11.2. The molecule has 1 aromatic rings. The first kappa shape index (κ1) is 11.4. The molecule has 0 saturated heterocycles. The Balaban J connectivity index is 3.13. The molecule has 0 amide bonds. The van der Waals surface area contributed by atoms with E-state index in [4.69, 9.17) is 0 Å². The third-order valence-corrected chi connectivity index (χ3v) is 2.20. The van der Waals surface area contributed by atoms with Gasteiger partial charge in [0.15, 0.2) is 0 Å². The number of para-hydroxylation sites is 1. The number of carbonyl (C=O) groups excluding carboxylic acids is 1. The third-order valence-electron chi connectivity index (χ3n) is 2.20. The summed E-state index contributed by atoms with van der Waals surface area (Å²) in [6.07, 6.45) is 0. The van der Waals surface area contributed by atoms with Gasteiger partial charge in [-0.15, -0.1) is 0 Å². The predicted molar refractivity (Wildman–Crippen MR) is 60.7 cm³/mol. The van der Waals surface area contributed by atoms with Gasteiger partial charge in [-0.05, 0) is 31.9 Å². The summed E-state index contributed by atoms with van der Waals surface area (Å²) in [5.74, 6) is -0.391. The van der Waals surface area contributed by atoms with Crippen LogP contribution in [0.25, 0.3) is 0 Å². The van der Waals surface area contributed by atoms with E-state index in [1.807, 2.05) is 32.0 Å². The van der Waals surface area contributed by atoms with Gasteiger partial charge >= 0.3 is 5.97 Å². The third kappa shape index (κ3) is 2.65. The highest BCUT2D eigenvalue weighted by atomic mass is 16.5. The number of nitrogens with zero attached hydrogens (tertiary/aromatic N) is 1. The van der Waals surface area contributed by atoms with Gasteiger partial charge in [-0.25, -0.2) is 9.79 Å². The fourth-order valence-electron chi connectivity index (χ4n) is 1.34. The Morgan fingerprint density at radius 2 is 1.80 bits per heavy atom. The van der Waals surface area contributed by atoms with Crippen LogP contribution in [0.5, 0.6) is 0 Å². The zero-order chi connectivity index (χ0) is 11.4. The highest BCUT2D eigenvalue weighted by molar-refractivity contribution is 6.36. The van der Waals surface area contributed by atoms with Gasteiger partial charge in [0, 0.05) is 0 Å². The molecule has 0 N–H and O–H groups in total. The van der Waals surface area contributed by atoms with E-state index < -0.39 is 5.97 Å². The number of ether oxygens (including phenoxy) is 1. The Kier molecular flexibility index (Phi) is 3.61. The number of methoxy groups -OCH3 is 1. The van der Waals surface area contributed by atoms with Gasteiger partial charge in [0.1, 0.15) is 5.71 Å². The van der Waals surface area contributed by atoms with Gasteiger partial charge in [-0.3, -0.25) is 0 Å². The Morgan fingerprint density at radius 3 is 2.27 bits per heavy atom. The van der Waals surface area contributed by atoms with Crippen molar-refractivity contribution in [3.63, 3.8) is 0 Å². The maximum absolute atomic E-state index is 11.2. The second-order valence-electron chi connectivity index (χ2n) is 3.43. The van der Waals surface area contributed by atoms with E-state index >= 15 is 0 Å². The number of aliphatic imine (C=N–C) groups is 1. The smallest absolute Gasteiger partial charge is 0.352 e. The summed E-state index contributed by atoms with van der Waals surface area (Å²) in [4.78, 5) is 15.5. The van der Waals surface area contributed by atoms with Gasteiger partial charge in [0.25, 0.3) is 0 Å². The van der Waals surface area contributed by atoms with Crippen LogP contribution in [0.4, 0.5) is 5.69 Å². The molecule has 0 aliphatic heterocycles. The van der Waals surface area contributed by atoms with Crippen LogP contribution < -0.4 is 0 Å². The summed E-state index contributed by atoms with van der Waals surface area (Å²) < 4.78 is 4.59. The van der Waals surface area contributed by atoms with E-state index in [1.54, 1.807) is 6.92 Å². The molecule has 0 heterocycles. The molecule has 0 unspecified atom stereocenters. The molecule has 80 valence electrons. The van der Waals surface area contributed by atoms with Crippen molar-refractivity contribution in [3.05, 3.63) is 29.3 Å². The molecule has 3 nitrogen and oxygen atoms in total. The quantitative estimate of drug-likeness (QED) is 0.549. The lowest BCUT2D eigenvalue weighted by molar-refractivity contribution is -0.132. The summed E-state index contributed by atoms with van der Waals surface area (Å²) in [5.41, 5.74) is 3.33. The SMILES string of the molecule is COC(=O)C(C)=Nc1c(C)cccc1C. The number of benzene rings is 1. The van der Waals surface area contributed by atoms with E-state index in [0.29, 0.717) is 5.71 Å². The fourth-order valence-corrected chi connectivity index (χ4v) is 1.34. The van der Waals surface area contributed by atoms with Crippen molar-refractivity contribution in [3.8, 4) is 0 Å². The fraction of sp³-hybridized carbons (Fsp3) is 0.333. The lowest BCUT2D eigenvalue weighted by atomic mass is 10.1. The minimum atomic E-state index is -0.391. The minimum absolute atomic E-state index is 0.370. The molecule has 0 spiro atoms. The summed E-state index contributed by atoms with van der Waals surface area (Å²) >= 11 is 0. The number of hydrogen-bond acceptors (Lipinski definition) is 3. The number of aryl methyl sites for hydroxylation is 2. The molecule has 15 heavy (non-hydrogen) atoms. The van der Waals surface area contributed by atoms with E-state index in [2.05, 4.69) is 9.73 Å². The molecule has 0 bridgehead atoms. The second kappa shape index (κ2) is 4.73. The predicted octanol–water partition coefficient (Wildman–Crippen LogP) is 2.57. The van der Waals surface area contributed by atoms with Crippen LogP contribution in [-0.4, -0.2) is 18.8 Å². The van der Waals surface area contributed by atoms with Gasteiger partial charge in [-0.2, -0.15) is 0 Å². The summed E-state index contributed by atoms with van der Waals surface area (Å²) in [6, 6.07) is 5.91. The van der Waals surface area contributed by atoms with E-state index in [1.165, 1.54) is 7.11 Å². The van der Waals surface area contributed by atoms with Crippen LogP contribution in [0.15, 0.2) is 23.2 Å². The van der Waals surface area contributed by atoms with Gasteiger partial charge < -0.3 is 4.74 Å². The lowest BCUT2D eigenvalue weighted by Gasteiger charge is -2.05. The maximum Gasteiger partial charge on any atom is 0.352 e. The highest BCUT2D eigenvalue weighted by Crippen LogP contribution is 2.23. The van der Waals surface area contributed by atoms with Gasteiger partial charge in [0.2, 0.25) is 0 Å². The summed E-state index contributed by atoms with van der Waals surface area (Å²) in [7, 11) is 1.35. The van der Waals surface area contributed by atoms with E-state index in [0.717, 1.165) is 16.8 Å². The van der Waals surface area contributed by atoms with Crippen LogP contribution >= 0.6 is 0 Å². The minimum Gasteiger partial charge on any atom is -0.465 e. The normalized spacial score (nSPS) is 11.3. The van der Waals surface area contributed by atoms with Crippen LogP contribution in [-0.2, 0) is 9.53 Å². The summed E-state index contributed by atoms with van der Waals surface area (Å²) in [6.45, 7) is 5.59. The molecule has 0 aliphatic rings. The molecular formula is C12H15NO2. The van der Waals surface area contributed by atoms with Crippen molar-refractivity contribution in [2.75, 3.05) is 7.11 Å². The molecule has 0 atom stereocenters. The molecule has 0 aliphatic carbocycles. The average molecular weight is 205 g/mol. The van der Waals surface area contributed by atoms with Crippen molar-refractivity contribution in [2.45, 2.75) is 20.8 Å². The van der Waals surface area contributed by atoms with Crippen LogP contribution in [0, 0.1) is 13.8 Å². The molecule has 0 saturated carbocycles.